The Labute approximate surface area is 385 Å². The molecule has 4 amide bonds. The number of alkyl carbamates (subject to hydrolysis) is 1. The third-order valence-electron chi connectivity index (χ3n) is 12.0. The molecular formula is C46H54ClF3N8O8. The van der Waals surface area contributed by atoms with Gasteiger partial charge in [0.15, 0.2) is 0 Å². The van der Waals surface area contributed by atoms with Crippen molar-refractivity contribution in [1.29, 1.82) is 0 Å². The Morgan fingerprint density at radius 3 is 2.29 bits per heavy atom. The van der Waals surface area contributed by atoms with Crippen LogP contribution in [0.25, 0.3) is 22.4 Å². The molecule has 3 saturated heterocycles. The first-order valence-corrected chi connectivity index (χ1v) is 22.1. The number of ether oxygens (including phenoxy) is 4. The van der Waals surface area contributed by atoms with Crippen LogP contribution in [0.3, 0.4) is 0 Å². The number of H-pyrrole nitrogens is 1. The van der Waals surface area contributed by atoms with Gasteiger partial charge in [-0.25, -0.2) is 14.8 Å². The number of methoxy groups -OCH3 is 2. The van der Waals surface area contributed by atoms with Crippen LogP contribution >= 0.6 is 11.6 Å². The van der Waals surface area contributed by atoms with Gasteiger partial charge in [0.05, 0.1) is 41.7 Å². The molecule has 3 unspecified atom stereocenters. The van der Waals surface area contributed by atoms with Gasteiger partial charge in [-0.05, 0) is 48.9 Å². The van der Waals surface area contributed by atoms with E-state index < -0.39 is 41.6 Å². The summed E-state index contributed by atoms with van der Waals surface area (Å²) in [5.41, 5.74) is 1.06. The van der Waals surface area contributed by atoms with Crippen molar-refractivity contribution in [2.45, 2.75) is 58.5 Å². The van der Waals surface area contributed by atoms with Crippen LogP contribution in [-0.4, -0.2) is 128 Å². The lowest BCUT2D eigenvalue weighted by atomic mass is 9.90. The number of carbonyl (C=O) groups is 4. The van der Waals surface area contributed by atoms with E-state index in [1.165, 1.54) is 19.4 Å². The number of anilines is 2. The van der Waals surface area contributed by atoms with E-state index in [9.17, 15) is 32.3 Å². The Morgan fingerprint density at radius 2 is 1.67 bits per heavy atom. The van der Waals surface area contributed by atoms with Crippen molar-refractivity contribution in [2.24, 2.45) is 17.3 Å². The first-order valence-electron chi connectivity index (χ1n) is 21.7. The number of alkyl halides is 3. The minimum Gasteiger partial charge on any atom is -0.453 e. The quantitative estimate of drug-likeness (QED) is 0.130. The maximum atomic E-state index is 14.3. The van der Waals surface area contributed by atoms with E-state index in [0.717, 1.165) is 6.07 Å². The van der Waals surface area contributed by atoms with Crippen LogP contribution in [0.15, 0.2) is 60.9 Å². The summed E-state index contributed by atoms with van der Waals surface area (Å²) in [6.45, 7) is 9.57. The number of amides is 4. The SMILES string of the molecule is COCC1CC(c2nc(-c3ccc(-c4cc(Cl)c(NC(=O)c5ccc(N6CCN(C(=O)C(C)(C)C)CC6)nc5)cc4OC(F)(F)F)cc3)c[nH]2)N(C(=O)C(NC(=O)OC)C2CCOCC2)C1. The molecule has 4 aromatic rings. The van der Waals surface area contributed by atoms with Gasteiger partial charge < -0.3 is 49.3 Å². The van der Waals surface area contributed by atoms with Crippen molar-refractivity contribution in [3.63, 3.8) is 0 Å². The Bertz CT molecular complexity index is 2360. The second kappa shape index (κ2) is 20.3. The van der Waals surface area contributed by atoms with Crippen molar-refractivity contribution in [2.75, 3.05) is 77.0 Å². The summed E-state index contributed by atoms with van der Waals surface area (Å²) in [5, 5.41) is 5.30. The van der Waals surface area contributed by atoms with Crippen LogP contribution in [0.2, 0.25) is 5.02 Å². The third kappa shape index (κ3) is 11.4. The van der Waals surface area contributed by atoms with Crippen molar-refractivity contribution in [3.8, 4) is 28.1 Å². The van der Waals surface area contributed by atoms with E-state index >= 15 is 0 Å². The second-order valence-electron chi connectivity index (χ2n) is 17.6. The van der Waals surface area contributed by atoms with Crippen LogP contribution in [0, 0.1) is 17.3 Å². The number of halogens is 4. The molecule has 3 N–H and O–H groups in total. The highest BCUT2D eigenvalue weighted by Gasteiger charge is 2.43. The lowest BCUT2D eigenvalue weighted by Gasteiger charge is -2.38. The number of imidazole rings is 1. The van der Waals surface area contributed by atoms with E-state index in [0.29, 0.717) is 100 Å². The lowest BCUT2D eigenvalue weighted by molar-refractivity contribution is -0.274. The summed E-state index contributed by atoms with van der Waals surface area (Å²) >= 11 is 6.61. The summed E-state index contributed by atoms with van der Waals surface area (Å²) in [6, 6.07) is 10.8. The van der Waals surface area contributed by atoms with Crippen LogP contribution in [0.1, 0.15) is 62.3 Å². The molecule has 3 fully saturated rings. The number of nitrogens with zero attached hydrogens (tertiary/aromatic N) is 5. The smallest absolute Gasteiger partial charge is 0.453 e. The Balaban J connectivity index is 1.06. The zero-order valence-electron chi connectivity index (χ0n) is 37.4. The molecule has 2 aromatic heterocycles. The standard InChI is InChI=1S/C46H54ClF3N8O8/c1-45(2,3)43(61)57-16-14-56(15-17-57)38-11-10-31(23-51-38)41(59)54-34-22-37(66-46(48,49)50)32(21-33(34)47)28-6-8-29(9-7-28)35-24-52-40(53-35)36-20-27(26-63-4)25-58(36)42(60)39(55-44(62)64-5)30-12-18-65-19-13-30/h6-11,21-24,27,30,36,39H,12-20,25-26H2,1-5H3,(H,52,53)(H,54,59)(H,55,62). The second-order valence-corrected chi connectivity index (χ2v) is 18.0. The van der Waals surface area contributed by atoms with E-state index in [-0.39, 0.29) is 45.5 Å². The van der Waals surface area contributed by atoms with Crippen LogP contribution < -0.4 is 20.3 Å². The van der Waals surface area contributed by atoms with Gasteiger partial charge in [0.1, 0.15) is 23.4 Å². The Kier molecular flexibility index (Phi) is 14.8. The normalized spacial score (nSPS) is 18.8. The Hall–Kier alpha value is -5.92. The molecule has 0 spiro atoms. The zero-order valence-corrected chi connectivity index (χ0v) is 38.1. The summed E-state index contributed by atoms with van der Waals surface area (Å²) in [4.78, 5) is 70.8. The molecule has 0 bridgehead atoms. The van der Waals surface area contributed by atoms with Crippen molar-refractivity contribution < 1.29 is 51.3 Å². The molecule has 16 nitrogen and oxygen atoms in total. The topological polar surface area (TPSA) is 181 Å². The number of rotatable bonds is 12. The Morgan fingerprint density at radius 1 is 0.970 bits per heavy atom. The minimum absolute atomic E-state index is 0.000578. The number of piperazine rings is 1. The molecule has 5 heterocycles. The highest BCUT2D eigenvalue weighted by molar-refractivity contribution is 6.34. The monoisotopic (exact) mass is 938 g/mol. The van der Waals surface area contributed by atoms with E-state index in [1.807, 2.05) is 30.6 Å². The molecule has 0 saturated carbocycles. The molecule has 3 aliphatic rings. The average Bonchev–Trinajstić information content (AvgIpc) is 3.97. The van der Waals surface area contributed by atoms with Crippen LogP contribution in [0.4, 0.5) is 29.5 Å². The molecule has 0 aliphatic carbocycles. The summed E-state index contributed by atoms with van der Waals surface area (Å²) in [5.74, 6) is -0.449. The van der Waals surface area contributed by atoms with E-state index in [1.54, 1.807) is 54.6 Å². The fourth-order valence-corrected chi connectivity index (χ4v) is 8.86. The van der Waals surface area contributed by atoms with Gasteiger partial charge in [-0.1, -0.05) is 56.6 Å². The first-order chi connectivity index (χ1) is 31.4. The predicted octanol–water partition coefficient (Wildman–Crippen LogP) is 7.32. The predicted molar refractivity (Wildman–Crippen MR) is 239 cm³/mol. The number of aromatic nitrogens is 3. The number of pyridine rings is 1. The van der Waals surface area contributed by atoms with Crippen molar-refractivity contribution >= 4 is 46.9 Å². The van der Waals surface area contributed by atoms with E-state index in [4.69, 9.17) is 30.8 Å². The third-order valence-corrected chi connectivity index (χ3v) is 12.3. The highest BCUT2D eigenvalue weighted by atomic mass is 35.5. The summed E-state index contributed by atoms with van der Waals surface area (Å²) in [6.07, 6.45) is -0.986. The maximum Gasteiger partial charge on any atom is 0.573 e. The number of benzene rings is 2. The number of hydrogen-bond donors (Lipinski definition) is 3. The minimum atomic E-state index is -5.07. The van der Waals surface area contributed by atoms with Gasteiger partial charge in [-0.2, -0.15) is 0 Å². The number of carbonyl (C=O) groups excluding carboxylic acids is 4. The molecule has 2 aromatic carbocycles. The number of hydrogen-bond acceptors (Lipinski definition) is 11. The molecule has 20 heteroatoms. The molecule has 7 rings (SSSR count). The van der Waals surface area contributed by atoms with Crippen LogP contribution in [-0.2, 0) is 23.8 Å². The largest absolute Gasteiger partial charge is 0.573 e. The molecule has 3 aliphatic heterocycles. The maximum absolute atomic E-state index is 14.3. The molecule has 354 valence electrons. The summed E-state index contributed by atoms with van der Waals surface area (Å²) < 4.78 is 61.8. The highest BCUT2D eigenvalue weighted by Crippen LogP contribution is 2.41. The van der Waals surface area contributed by atoms with Gasteiger partial charge in [0.25, 0.3) is 5.91 Å². The molecule has 66 heavy (non-hydrogen) atoms. The van der Waals surface area contributed by atoms with Gasteiger partial charge in [-0.15, -0.1) is 13.2 Å². The molecular weight excluding hydrogens is 885 g/mol. The van der Waals surface area contributed by atoms with Crippen molar-refractivity contribution in [1.82, 2.24) is 30.1 Å². The van der Waals surface area contributed by atoms with Gasteiger partial charge in [-0.3, -0.25) is 14.4 Å². The van der Waals surface area contributed by atoms with Gasteiger partial charge >= 0.3 is 12.5 Å². The van der Waals surface area contributed by atoms with Gasteiger partial charge in [0.2, 0.25) is 11.8 Å². The summed E-state index contributed by atoms with van der Waals surface area (Å²) in [7, 11) is 2.84. The first kappa shape index (κ1) is 48.0. The fraction of sp³-hybridized carbons (Fsp3) is 0.478. The number of aromatic amines is 1. The van der Waals surface area contributed by atoms with E-state index in [2.05, 4.69) is 25.3 Å². The van der Waals surface area contributed by atoms with Gasteiger partial charge in [0, 0.05) is 94.0 Å². The lowest BCUT2D eigenvalue weighted by Crippen LogP contribution is -2.53. The number of nitrogens with one attached hydrogen (secondary N) is 3. The van der Waals surface area contributed by atoms with Crippen LogP contribution in [0.5, 0.6) is 5.75 Å². The number of likely N-dealkylation sites (tertiary alicyclic amines) is 1. The zero-order chi connectivity index (χ0) is 47.3. The fourth-order valence-electron chi connectivity index (χ4n) is 8.65. The molecule has 3 atom stereocenters. The van der Waals surface area contributed by atoms with Crippen molar-refractivity contribution in [3.05, 3.63) is 77.3 Å². The molecule has 0 radical (unpaired) electrons. The average molecular weight is 939 g/mol.